The second-order valence-corrected chi connectivity index (χ2v) is 4.69. The van der Waals surface area contributed by atoms with Gasteiger partial charge in [-0.05, 0) is 30.5 Å². The first-order chi connectivity index (χ1) is 10.1. The van der Waals surface area contributed by atoms with Crippen LogP contribution in [0.3, 0.4) is 0 Å². The number of carboxylic acid groups (broad SMARTS) is 1. The van der Waals surface area contributed by atoms with E-state index in [1.807, 2.05) is 0 Å². The third kappa shape index (κ3) is 3.98. The van der Waals surface area contributed by atoms with Crippen LogP contribution in [-0.2, 0) is 16.0 Å². The number of hydrogen-bond donors (Lipinski definition) is 2. The van der Waals surface area contributed by atoms with Crippen LogP contribution in [0.15, 0.2) is 30.9 Å². The van der Waals surface area contributed by atoms with Crippen molar-refractivity contribution in [2.24, 2.45) is 0 Å². The highest BCUT2D eigenvalue weighted by Gasteiger charge is 2.20. The van der Waals surface area contributed by atoms with Crippen molar-refractivity contribution in [1.82, 2.24) is 5.32 Å². The summed E-state index contributed by atoms with van der Waals surface area (Å²) in [6.45, 7) is 3.71. The Morgan fingerprint density at radius 3 is 2.86 bits per heavy atom. The first-order valence-corrected chi connectivity index (χ1v) is 6.61. The van der Waals surface area contributed by atoms with Crippen molar-refractivity contribution in [2.45, 2.75) is 25.3 Å². The predicted molar refractivity (Wildman–Crippen MR) is 75.3 cm³/mol. The molecule has 112 valence electrons. The normalized spacial score (nSPS) is 13.5. The van der Waals surface area contributed by atoms with Gasteiger partial charge in [0.2, 0.25) is 12.7 Å². The minimum atomic E-state index is -1.05. The maximum atomic E-state index is 11.9. The zero-order valence-electron chi connectivity index (χ0n) is 11.5. The number of rotatable bonds is 7. The van der Waals surface area contributed by atoms with Crippen molar-refractivity contribution in [1.29, 1.82) is 0 Å². The minimum absolute atomic E-state index is 0.0918. The maximum Gasteiger partial charge on any atom is 0.326 e. The van der Waals surface area contributed by atoms with E-state index >= 15 is 0 Å². The summed E-state index contributed by atoms with van der Waals surface area (Å²) < 4.78 is 10.4. The summed E-state index contributed by atoms with van der Waals surface area (Å²) in [4.78, 5) is 23.0. The molecule has 1 aromatic rings. The van der Waals surface area contributed by atoms with Crippen molar-refractivity contribution in [3.05, 3.63) is 36.4 Å². The van der Waals surface area contributed by atoms with E-state index in [4.69, 9.17) is 14.6 Å². The minimum Gasteiger partial charge on any atom is -0.480 e. The van der Waals surface area contributed by atoms with Gasteiger partial charge in [0.15, 0.2) is 11.5 Å². The fourth-order valence-corrected chi connectivity index (χ4v) is 2.02. The summed E-state index contributed by atoms with van der Waals surface area (Å²) in [5.41, 5.74) is 0.740. The highest BCUT2D eigenvalue weighted by atomic mass is 16.7. The van der Waals surface area contributed by atoms with Crippen molar-refractivity contribution in [3.8, 4) is 11.5 Å². The number of benzene rings is 1. The molecule has 1 aliphatic heterocycles. The van der Waals surface area contributed by atoms with Crippen LogP contribution in [0, 0.1) is 0 Å². The molecule has 1 heterocycles. The number of amides is 1. The van der Waals surface area contributed by atoms with Gasteiger partial charge in [-0.15, -0.1) is 6.58 Å². The SMILES string of the molecule is C=CCCC(NC(=O)Cc1ccc2c(c1)OCO2)C(=O)O. The quantitative estimate of drug-likeness (QED) is 0.744. The molecule has 0 aromatic heterocycles. The molecule has 1 aromatic carbocycles. The highest BCUT2D eigenvalue weighted by molar-refractivity contribution is 5.84. The second kappa shape index (κ2) is 6.78. The Morgan fingerprint density at radius 2 is 2.14 bits per heavy atom. The van der Waals surface area contributed by atoms with Crippen LogP contribution in [0.5, 0.6) is 11.5 Å². The van der Waals surface area contributed by atoms with Gasteiger partial charge in [-0.2, -0.15) is 0 Å². The van der Waals surface area contributed by atoms with Gasteiger partial charge >= 0.3 is 5.97 Å². The molecular weight excluding hydrogens is 274 g/mol. The average Bonchev–Trinajstić information content (AvgIpc) is 2.90. The summed E-state index contributed by atoms with van der Waals surface area (Å²) in [6, 6.07) is 4.32. The Labute approximate surface area is 122 Å². The molecule has 1 aliphatic rings. The molecule has 1 unspecified atom stereocenters. The molecule has 0 radical (unpaired) electrons. The Hall–Kier alpha value is -2.50. The number of nitrogens with one attached hydrogen (secondary N) is 1. The van der Waals surface area contributed by atoms with Crippen molar-refractivity contribution in [2.75, 3.05) is 6.79 Å². The average molecular weight is 291 g/mol. The number of carboxylic acids is 1. The van der Waals surface area contributed by atoms with Gasteiger partial charge < -0.3 is 19.9 Å². The highest BCUT2D eigenvalue weighted by Crippen LogP contribution is 2.32. The molecule has 0 fully saturated rings. The van der Waals surface area contributed by atoms with Crippen LogP contribution in [0.25, 0.3) is 0 Å². The molecule has 0 aliphatic carbocycles. The van der Waals surface area contributed by atoms with Gasteiger partial charge in [-0.25, -0.2) is 4.79 Å². The van der Waals surface area contributed by atoms with E-state index in [9.17, 15) is 9.59 Å². The van der Waals surface area contributed by atoms with Gasteiger partial charge in [-0.1, -0.05) is 12.1 Å². The van der Waals surface area contributed by atoms with E-state index < -0.39 is 12.0 Å². The Morgan fingerprint density at radius 1 is 1.38 bits per heavy atom. The molecular formula is C15H17NO5. The summed E-state index contributed by atoms with van der Waals surface area (Å²) in [7, 11) is 0. The largest absolute Gasteiger partial charge is 0.480 e. The summed E-state index contributed by atoms with van der Waals surface area (Å²) >= 11 is 0. The van der Waals surface area contributed by atoms with Gasteiger partial charge in [-0.3, -0.25) is 4.79 Å². The third-order valence-corrected chi connectivity index (χ3v) is 3.09. The molecule has 0 saturated carbocycles. The van der Waals surface area contributed by atoms with E-state index in [0.29, 0.717) is 24.3 Å². The van der Waals surface area contributed by atoms with Gasteiger partial charge in [0.1, 0.15) is 6.04 Å². The molecule has 0 saturated heterocycles. The van der Waals surface area contributed by atoms with Crippen LogP contribution >= 0.6 is 0 Å². The monoisotopic (exact) mass is 291 g/mol. The lowest BCUT2D eigenvalue weighted by Gasteiger charge is -2.13. The van der Waals surface area contributed by atoms with Crippen LogP contribution in [0.4, 0.5) is 0 Å². The first kappa shape index (κ1) is 14.9. The molecule has 0 spiro atoms. The fraction of sp³-hybridized carbons (Fsp3) is 0.333. The molecule has 2 N–H and O–H groups in total. The number of fused-ring (bicyclic) bond motifs is 1. The van der Waals surface area contributed by atoms with Crippen LogP contribution in [-0.4, -0.2) is 29.8 Å². The Balaban J connectivity index is 1.94. The molecule has 1 atom stereocenters. The van der Waals surface area contributed by atoms with Crippen molar-refractivity contribution in [3.63, 3.8) is 0 Å². The third-order valence-electron chi connectivity index (χ3n) is 3.09. The number of carbonyl (C=O) groups is 2. The number of ether oxygens (including phenoxy) is 2. The summed E-state index contributed by atoms with van der Waals surface area (Å²) in [5, 5.41) is 11.6. The first-order valence-electron chi connectivity index (χ1n) is 6.61. The van der Waals surface area contributed by atoms with Crippen molar-refractivity contribution < 1.29 is 24.2 Å². The summed E-state index contributed by atoms with van der Waals surface area (Å²) in [6.07, 6.45) is 2.57. The molecule has 0 bridgehead atoms. The molecule has 6 heteroatoms. The fourth-order valence-electron chi connectivity index (χ4n) is 2.02. The Kier molecular flexibility index (Phi) is 4.81. The van der Waals surface area contributed by atoms with Crippen LogP contribution in [0.2, 0.25) is 0 Å². The summed E-state index contributed by atoms with van der Waals surface area (Å²) in [5.74, 6) is -0.142. The molecule has 6 nitrogen and oxygen atoms in total. The van der Waals surface area contributed by atoms with Crippen LogP contribution < -0.4 is 14.8 Å². The predicted octanol–water partition coefficient (Wildman–Crippen LogP) is 1.49. The van der Waals surface area contributed by atoms with Crippen LogP contribution in [0.1, 0.15) is 18.4 Å². The standard InChI is InChI=1S/C15H17NO5/c1-2-3-4-11(15(18)19)16-14(17)8-10-5-6-12-13(7-10)21-9-20-12/h2,5-7,11H,1,3-4,8-9H2,(H,16,17)(H,18,19). The van der Waals surface area contributed by atoms with E-state index in [1.54, 1.807) is 24.3 Å². The zero-order chi connectivity index (χ0) is 15.2. The van der Waals surface area contributed by atoms with E-state index in [0.717, 1.165) is 5.56 Å². The Bertz CT molecular complexity index is 555. The topological polar surface area (TPSA) is 84.9 Å². The number of hydrogen-bond acceptors (Lipinski definition) is 4. The lowest BCUT2D eigenvalue weighted by atomic mass is 10.1. The van der Waals surface area contributed by atoms with E-state index in [1.165, 1.54) is 0 Å². The lowest BCUT2D eigenvalue weighted by Crippen LogP contribution is -2.41. The molecule has 1 amide bonds. The molecule has 2 rings (SSSR count). The second-order valence-electron chi connectivity index (χ2n) is 4.69. The zero-order valence-corrected chi connectivity index (χ0v) is 11.5. The van der Waals surface area contributed by atoms with E-state index in [2.05, 4.69) is 11.9 Å². The lowest BCUT2D eigenvalue weighted by molar-refractivity contribution is -0.141. The number of carbonyl (C=O) groups excluding carboxylic acids is 1. The van der Waals surface area contributed by atoms with Gasteiger partial charge in [0.05, 0.1) is 6.42 Å². The van der Waals surface area contributed by atoms with Crippen molar-refractivity contribution >= 4 is 11.9 Å². The van der Waals surface area contributed by atoms with Gasteiger partial charge in [0, 0.05) is 0 Å². The van der Waals surface area contributed by atoms with Gasteiger partial charge in [0.25, 0.3) is 0 Å². The maximum absolute atomic E-state index is 11.9. The molecule has 21 heavy (non-hydrogen) atoms. The number of allylic oxidation sites excluding steroid dienone is 1. The smallest absolute Gasteiger partial charge is 0.326 e. The number of aliphatic carboxylic acids is 1. The van der Waals surface area contributed by atoms with E-state index in [-0.39, 0.29) is 19.1 Å².